The summed E-state index contributed by atoms with van der Waals surface area (Å²) in [5, 5.41) is 26.9. The first-order chi connectivity index (χ1) is 12.0. The maximum absolute atomic E-state index is 12.8. The molecular weight excluding hydrogens is 320 g/mol. The van der Waals surface area contributed by atoms with E-state index in [9.17, 15) is 9.90 Å². The van der Waals surface area contributed by atoms with Crippen molar-refractivity contribution in [2.24, 2.45) is 0 Å². The van der Waals surface area contributed by atoms with Crippen molar-refractivity contribution in [3.8, 4) is 0 Å². The van der Waals surface area contributed by atoms with Gasteiger partial charge in [-0.3, -0.25) is 9.89 Å². The summed E-state index contributed by atoms with van der Waals surface area (Å²) in [6, 6.07) is 7.67. The second-order valence-electron chi connectivity index (χ2n) is 6.80. The Morgan fingerprint density at radius 1 is 1.36 bits per heavy atom. The topological polar surface area (TPSA) is 99.9 Å². The van der Waals surface area contributed by atoms with Crippen molar-refractivity contribution in [1.82, 2.24) is 30.1 Å². The number of para-hydroxylation sites is 1. The molecule has 1 amide bonds. The van der Waals surface area contributed by atoms with Crippen LogP contribution < -0.4 is 0 Å². The molecule has 1 fully saturated rings. The molecule has 8 heteroatoms. The Bertz CT molecular complexity index is 930. The molecule has 0 spiro atoms. The molecular formula is C17H20N6O2. The van der Waals surface area contributed by atoms with Gasteiger partial charge in [0.2, 0.25) is 0 Å². The Balaban J connectivity index is 1.58. The third-order valence-electron chi connectivity index (χ3n) is 4.72. The predicted octanol–water partition coefficient (Wildman–Crippen LogP) is 1.47. The van der Waals surface area contributed by atoms with Gasteiger partial charge >= 0.3 is 0 Å². The van der Waals surface area contributed by atoms with Crippen LogP contribution >= 0.6 is 0 Å². The summed E-state index contributed by atoms with van der Waals surface area (Å²) in [5.41, 5.74) is 0.531. The van der Waals surface area contributed by atoms with Gasteiger partial charge in [-0.1, -0.05) is 23.4 Å². The van der Waals surface area contributed by atoms with E-state index in [0.717, 1.165) is 10.9 Å². The molecule has 130 valence electrons. The zero-order valence-corrected chi connectivity index (χ0v) is 14.2. The lowest BCUT2D eigenvalue weighted by Crippen LogP contribution is -2.35. The average molecular weight is 340 g/mol. The molecule has 3 heterocycles. The number of hydrogen-bond acceptors (Lipinski definition) is 5. The predicted molar refractivity (Wildman–Crippen MR) is 90.9 cm³/mol. The number of hydrogen-bond donors (Lipinski definition) is 2. The van der Waals surface area contributed by atoms with Gasteiger partial charge in [-0.05, 0) is 19.9 Å². The minimum atomic E-state index is -1.17. The fourth-order valence-electron chi connectivity index (χ4n) is 3.19. The standard InChI is InChI=1S/C17H20N6O2/c1-11(2)23-9-14(19-21-23)17(25)7-8-22(10-17)16(24)15-12-5-3-4-6-13(12)18-20-15/h3-6,9,11,25H,7-8,10H2,1-2H3,(H,18,20)/t17-/m1/s1. The van der Waals surface area contributed by atoms with E-state index in [0.29, 0.717) is 24.4 Å². The van der Waals surface area contributed by atoms with Gasteiger partial charge in [-0.25, -0.2) is 4.68 Å². The van der Waals surface area contributed by atoms with Crippen LogP contribution in [0.3, 0.4) is 0 Å². The molecule has 3 aromatic rings. The number of aliphatic hydroxyl groups is 1. The molecule has 1 aromatic carbocycles. The van der Waals surface area contributed by atoms with Gasteiger partial charge in [0, 0.05) is 24.4 Å². The number of likely N-dealkylation sites (tertiary alicyclic amines) is 1. The summed E-state index contributed by atoms with van der Waals surface area (Å²) in [5.74, 6) is -0.190. The summed E-state index contributed by atoms with van der Waals surface area (Å²) >= 11 is 0. The number of carbonyl (C=O) groups excluding carboxylic acids is 1. The number of nitrogens with one attached hydrogen (secondary N) is 1. The smallest absolute Gasteiger partial charge is 0.275 e. The lowest BCUT2D eigenvalue weighted by Gasteiger charge is -2.20. The van der Waals surface area contributed by atoms with Crippen LogP contribution in [-0.4, -0.2) is 54.2 Å². The van der Waals surface area contributed by atoms with Crippen molar-refractivity contribution in [1.29, 1.82) is 0 Å². The highest BCUT2D eigenvalue weighted by molar-refractivity contribution is 6.04. The highest BCUT2D eigenvalue weighted by Gasteiger charge is 2.42. The average Bonchev–Trinajstić information content (AvgIpc) is 3.32. The van der Waals surface area contributed by atoms with Gasteiger partial charge < -0.3 is 10.0 Å². The van der Waals surface area contributed by atoms with E-state index in [2.05, 4.69) is 20.5 Å². The molecule has 1 saturated heterocycles. The van der Waals surface area contributed by atoms with Crippen molar-refractivity contribution in [2.75, 3.05) is 13.1 Å². The molecule has 2 N–H and O–H groups in total. The van der Waals surface area contributed by atoms with Crippen LogP contribution in [-0.2, 0) is 5.60 Å². The first-order valence-electron chi connectivity index (χ1n) is 8.35. The number of β-amino-alcohol motifs (C(OH)–C–C–N with tert-alkyl or cyclic N) is 1. The van der Waals surface area contributed by atoms with Crippen molar-refractivity contribution in [2.45, 2.75) is 31.9 Å². The molecule has 0 unspecified atom stereocenters. The second-order valence-corrected chi connectivity index (χ2v) is 6.80. The van der Waals surface area contributed by atoms with Crippen LogP contribution in [0.2, 0.25) is 0 Å². The molecule has 8 nitrogen and oxygen atoms in total. The molecule has 0 aliphatic carbocycles. The maximum atomic E-state index is 12.8. The number of amides is 1. The number of aromatic nitrogens is 5. The zero-order valence-electron chi connectivity index (χ0n) is 14.2. The van der Waals surface area contributed by atoms with Gasteiger partial charge in [0.1, 0.15) is 11.3 Å². The Kier molecular flexibility index (Phi) is 3.57. The number of rotatable bonds is 3. The molecule has 0 bridgehead atoms. The molecule has 0 radical (unpaired) electrons. The quantitative estimate of drug-likeness (QED) is 0.752. The molecule has 1 atom stereocenters. The first-order valence-corrected chi connectivity index (χ1v) is 8.35. The molecule has 2 aromatic heterocycles. The Morgan fingerprint density at radius 2 is 2.16 bits per heavy atom. The Labute approximate surface area is 144 Å². The number of H-pyrrole nitrogens is 1. The Hall–Kier alpha value is -2.74. The van der Waals surface area contributed by atoms with Crippen molar-refractivity contribution in [3.05, 3.63) is 41.9 Å². The normalized spacial score (nSPS) is 20.7. The van der Waals surface area contributed by atoms with Crippen LogP contribution in [0.1, 0.15) is 42.5 Å². The largest absolute Gasteiger partial charge is 0.381 e. The van der Waals surface area contributed by atoms with E-state index in [4.69, 9.17) is 0 Å². The second kappa shape index (κ2) is 5.66. The van der Waals surface area contributed by atoms with Gasteiger partial charge in [-0.2, -0.15) is 5.10 Å². The highest BCUT2D eigenvalue weighted by Crippen LogP contribution is 2.32. The van der Waals surface area contributed by atoms with Gasteiger partial charge in [0.15, 0.2) is 5.69 Å². The minimum Gasteiger partial charge on any atom is -0.381 e. The lowest BCUT2D eigenvalue weighted by atomic mass is 10.00. The van der Waals surface area contributed by atoms with Gasteiger partial charge in [0.25, 0.3) is 5.91 Å². The van der Waals surface area contributed by atoms with Crippen LogP contribution in [0.5, 0.6) is 0 Å². The number of aromatic amines is 1. The summed E-state index contributed by atoms with van der Waals surface area (Å²) in [4.78, 5) is 14.5. The lowest BCUT2D eigenvalue weighted by molar-refractivity contribution is 0.0380. The summed E-state index contributed by atoms with van der Waals surface area (Å²) in [7, 11) is 0. The zero-order chi connectivity index (χ0) is 17.6. The monoisotopic (exact) mass is 340 g/mol. The van der Waals surface area contributed by atoms with Gasteiger partial charge in [-0.15, -0.1) is 5.10 Å². The third kappa shape index (κ3) is 2.58. The summed E-state index contributed by atoms with van der Waals surface area (Å²) in [6.45, 7) is 4.63. The molecule has 1 aliphatic heterocycles. The number of nitrogens with zero attached hydrogens (tertiary/aromatic N) is 5. The first kappa shape index (κ1) is 15.8. The Morgan fingerprint density at radius 3 is 2.92 bits per heavy atom. The van der Waals surface area contributed by atoms with Crippen molar-refractivity contribution < 1.29 is 9.90 Å². The maximum Gasteiger partial charge on any atom is 0.275 e. The minimum absolute atomic E-state index is 0.166. The van der Waals surface area contributed by atoms with E-state index in [1.165, 1.54) is 0 Å². The molecule has 0 saturated carbocycles. The van der Waals surface area contributed by atoms with Crippen LogP contribution in [0.25, 0.3) is 10.9 Å². The van der Waals surface area contributed by atoms with Crippen LogP contribution in [0.15, 0.2) is 30.5 Å². The number of fused-ring (bicyclic) bond motifs is 1. The summed E-state index contributed by atoms with van der Waals surface area (Å²) < 4.78 is 1.71. The summed E-state index contributed by atoms with van der Waals surface area (Å²) in [6.07, 6.45) is 2.18. The third-order valence-corrected chi connectivity index (χ3v) is 4.72. The fourth-order valence-corrected chi connectivity index (χ4v) is 3.19. The van der Waals surface area contributed by atoms with Crippen LogP contribution in [0.4, 0.5) is 0 Å². The van der Waals surface area contributed by atoms with E-state index in [-0.39, 0.29) is 18.5 Å². The molecule has 4 rings (SSSR count). The SMILES string of the molecule is CC(C)n1cc([C@@]2(O)CCN(C(=O)c3n[nH]c4ccccc34)C2)nn1. The van der Waals surface area contributed by atoms with Crippen molar-refractivity contribution >= 4 is 16.8 Å². The van der Waals surface area contributed by atoms with E-state index < -0.39 is 5.60 Å². The van der Waals surface area contributed by atoms with Crippen LogP contribution in [0, 0.1) is 0 Å². The van der Waals surface area contributed by atoms with E-state index in [1.807, 2.05) is 38.1 Å². The van der Waals surface area contributed by atoms with E-state index in [1.54, 1.807) is 15.8 Å². The molecule has 1 aliphatic rings. The fraction of sp³-hybridized carbons (Fsp3) is 0.412. The number of benzene rings is 1. The number of carbonyl (C=O) groups is 1. The van der Waals surface area contributed by atoms with Crippen molar-refractivity contribution in [3.63, 3.8) is 0 Å². The molecule has 25 heavy (non-hydrogen) atoms. The van der Waals surface area contributed by atoms with Gasteiger partial charge in [0.05, 0.1) is 18.3 Å². The highest BCUT2D eigenvalue weighted by atomic mass is 16.3. The van der Waals surface area contributed by atoms with E-state index >= 15 is 0 Å².